The number of aromatic nitrogens is 2. The maximum Gasteiger partial charge on any atom is 0.271 e. The molecule has 0 aliphatic carbocycles. The fourth-order valence-electron chi connectivity index (χ4n) is 2.80. The number of amides is 1. The van der Waals surface area contributed by atoms with Gasteiger partial charge in [0.2, 0.25) is 0 Å². The Morgan fingerprint density at radius 2 is 1.89 bits per heavy atom. The molecule has 3 rings (SSSR count). The number of carbonyl (C=O) groups is 1. The van der Waals surface area contributed by atoms with Gasteiger partial charge in [-0.1, -0.05) is 42.5 Å². The molecule has 6 nitrogen and oxygen atoms in total. The quantitative estimate of drug-likeness (QED) is 0.628. The van der Waals surface area contributed by atoms with Crippen LogP contribution in [0.5, 0.6) is 5.75 Å². The minimum absolute atomic E-state index is 0.101. The van der Waals surface area contributed by atoms with Crippen LogP contribution in [0.1, 0.15) is 34.6 Å². The van der Waals surface area contributed by atoms with Crippen LogP contribution < -0.4 is 15.4 Å². The molecule has 2 aromatic carbocycles. The third-order valence-electron chi connectivity index (χ3n) is 4.39. The van der Waals surface area contributed by atoms with E-state index in [9.17, 15) is 4.79 Å². The Bertz CT molecular complexity index is 898. The molecule has 3 aromatic rings. The van der Waals surface area contributed by atoms with Crippen LogP contribution in [0.4, 0.5) is 5.82 Å². The lowest BCUT2D eigenvalue weighted by Gasteiger charge is -2.14. The lowest BCUT2D eigenvalue weighted by molar-refractivity contribution is 0.0934. The Morgan fingerprint density at radius 1 is 1.07 bits per heavy atom. The van der Waals surface area contributed by atoms with Crippen molar-refractivity contribution in [3.63, 3.8) is 0 Å². The van der Waals surface area contributed by atoms with Crippen molar-refractivity contribution in [2.45, 2.75) is 19.4 Å². The lowest BCUT2D eigenvalue weighted by Crippen LogP contribution is -2.27. The largest absolute Gasteiger partial charge is 0.497 e. The molecule has 1 aromatic heterocycles. The maximum atomic E-state index is 12.4. The molecular formula is C22H24N4O2. The number of rotatable bonds is 8. The Kier molecular flexibility index (Phi) is 6.57. The highest BCUT2D eigenvalue weighted by molar-refractivity contribution is 5.92. The number of nitrogens with one attached hydrogen (secondary N) is 2. The van der Waals surface area contributed by atoms with Crippen molar-refractivity contribution in [1.82, 2.24) is 15.3 Å². The van der Waals surface area contributed by atoms with E-state index in [2.05, 4.69) is 26.7 Å². The van der Waals surface area contributed by atoms with E-state index in [1.54, 1.807) is 13.3 Å². The van der Waals surface area contributed by atoms with Gasteiger partial charge in [-0.2, -0.15) is 0 Å². The molecule has 0 spiro atoms. The Balaban J connectivity index is 1.50. The molecule has 0 aliphatic rings. The topological polar surface area (TPSA) is 76.1 Å². The zero-order valence-corrected chi connectivity index (χ0v) is 16.1. The van der Waals surface area contributed by atoms with Crippen molar-refractivity contribution >= 4 is 11.7 Å². The van der Waals surface area contributed by atoms with Crippen molar-refractivity contribution in [2.24, 2.45) is 0 Å². The molecule has 0 bridgehead atoms. The first-order valence-electron chi connectivity index (χ1n) is 9.20. The highest BCUT2D eigenvalue weighted by atomic mass is 16.5. The first kappa shape index (κ1) is 19.4. The number of hydrogen-bond donors (Lipinski definition) is 2. The molecule has 0 aliphatic heterocycles. The summed E-state index contributed by atoms with van der Waals surface area (Å²) in [5.74, 6) is 1.24. The number of hydrogen-bond acceptors (Lipinski definition) is 5. The highest BCUT2D eigenvalue weighted by Gasteiger charge is 2.12. The van der Waals surface area contributed by atoms with E-state index >= 15 is 0 Å². The van der Waals surface area contributed by atoms with Gasteiger partial charge >= 0.3 is 0 Å². The highest BCUT2D eigenvalue weighted by Crippen LogP contribution is 2.14. The van der Waals surface area contributed by atoms with E-state index in [4.69, 9.17) is 4.74 Å². The summed E-state index contributed by atoms with van der Waals surface area (Å²) in [6, 6.07) is 17.7. The predicted molar refractivity (Wildman–Crippen MR) is 110 cm³/mol. The van der Waals surface area contributed by atoms with Crippen molar-refractivity contribution in [3.05, 3.63) is 83.8 Å². The van der Waals surface area contributed by atoms with E-state index in [0.717, 1.165) is 17.7 Å². The standard InChI is InChI=1S/C22H24N4O2/c1-16(18-8-4-3-5-9-18)26-22(27)20-14-25-21(15-24-20)23-12-11-17-7-6-10-19(13-17)28-2/h3-10,13-16H,11-12H2,1-2H3,(H,23,25)(H,26,27). The molecule has 0 saturated carbocycles. The van der Waals surface area contributed by atoms with Crippen LogP contribution >= 0.6 is 0 Å². The SMILES string of the molecule is COc1cccc(CCNc2cnc(C(=O)NC(C)c3ccccc3)cn2)c1. The number of ether oxygens (including phenoxy) is 1. The van der Waals surface area contributed by atoms with Gasteiger partial charge in [-0.15, -0.1) is 0 Å². The van der Waals surface area contributed by atoms with Gasteiger partial charge < -0.3 is 15.4 Å². The van der Waals surface area contributed by atoms with E-state index < -0.39 is 0 Å². The Morgan fingerprint density at radius 3 is 2.61 bits per heavy atom. The van der Waals surface area contributed by atoms with Crippen molar-refractivity contribution in [2.75, 3.05) is 19.0 Å². The van der Waals surface area contributed by atoms with Crippen LogP contribution in [0, 0.1) is 0 Å². The second-order valence-corrected chi connectivity index (χ2v) is 6.42. The molecule has 1 amide bonds. The van der Waals surface area contributed by atoms with Gasteiger partial charge in [-0.05, 0) is 36.6 Å². The van der Waals surface area contributed by atoms with Gasteiger partial charge in [0.05, 0.1) is 25.5 Å². The van der Waals surface area contributed by atoms with E-state index in [1.807, 2.05) is 55.5 Å². The van der Waals surface area contributed by atoms with Crippen LogP contribution in [0.15, 0.2) is 67.0 Å². The Hall–Kier alpha value is -3.41. The van der Waals surface area contributed by atoms with Crippen LogP contribution in [-0.2, 0) is 6.42 Å². The minimum Gasteiger partial charge on any atom is -0.497 e. The number of benzene rings is 2. The van der Waals surface area contributed by atoms with E-state index in [0.29, 0.717) is 18.1 Å². The number of carbonyl (C=O) groups excluding carboxylic acids is 1. The lowest BCUT2D eigenvalue weighted by atomic mass is 10.1. The second kappa shape index (κ2) is 9.50. The van der Waals surface area contributed by atoms with E-state index in [-0.39, 0.29) is 11.9 Å². The summed E-state index contributed by atoms with van der Waals surface area (Å²) in [6.45, 7) is 2.65. The summed E-state index contributed by atoms with van der Waals surface area (Å²) in [5.41, 5.74) is 2.51. The number of methoxy groups -OCH3 is 1. The Labute approximate surface area is 165 Å². The number of nitrogens with zero attached hydrogens (tertiary/aromatic N) is 2. The van der Waals surface area contributed by atoms with Gasteiger partial charge in [-0.3, -0.25) is 4.79 Å². The molecule has 1 atom stereocenters. The summed E-state index contributed by atoms with van der Waals surface area (Å²) < 4.78 is 5.23. The van der Waals surface area contributed by atoms with Crippen LogP contribution in [0.25, 0.3) is 0 Å². The van der Waals surface area contributed by atoms with E-state index in [1.165, 1.54) is 11.8 Å². The summed E-state index contributed by atoms with van der Waals surface area (Å²) in [7, 11) is 1.66. The summed E-state index contributed by atoms with van der Waals surface area (Å²) in [5, 5.41) is 6.15. The average molecular weight is 376 g/mol. The average Bonchev–Trinajstić information content (AvgIpc) is 2.75. The molecule has 1 unspecified atom stereocenters. The second-order valence-electron chi connectivity index (χ2n) is 6.42. The van der Waals surface area contributed by atoms with Crippen LogP contribution in [-0.4, -0.2) is 29.5 Å². The molecule has 144 valence electrons. The first-order valence-corrected chi connectivity index (χ1v) is 9.20. The number of anilines is 1. The zero-order chi connectivity index (χ0) is 19.8. The third-order valence-corrected chi connectivity index (χ3v) is 4.39. The van der Waals surface area contributed by atoms with Gasteiger partial charge in [0.25, 0.3) is 5.91 Å². The van der Waals surface area contributed by atoms with Crippen molar-refractivity contribution in [1.29, 1.82) is 0 Å². The van der Waals surface area contributed by atoms with Crippen molar-refractivity contribution in [3.8, 4) is 5.75 Å². The smallest absolute Gasteiger partial charge is 0.271 e. The molecule has 28 heavy (non-hydrogen) atoms. The van der Waals surface area contributed by atoms with Gasteiger partial charge in [0.15, 0.2) is 0 Å². The minimum atomic E-state index is -0.244. The van der Waals surface area contributed by atoms with Gasteiger partial charge in [-0.25, -0.2) is 9.97 Å². The summed E-state index contributed by atoms with van der Waals surface area (Å²) >= 11 is 0. The molecule has 0 radical (unpaired) electrons. The molecular weight excluding hydrogens is 352 g/mol. The van der Waals surface area contributed by atoms with Crippen LogP contribution in [0.3, 0.4) is 0 Å². The maximum absolute atomic E-state index is 12.4. The van der Waals surface area contributed by atoms with Gasteiger partial charge in [0.1, 0.15) is 17.3 Å². The summed E-state index contributed by atoms with van der Waals surface area (Å²) in [4.78, 5) is 20.9. The van der Waals surface area contributed by atoms with Crippen LogP contribution in [0.2, 0.25) is 0 Å². The fourth-order valence-corrected chi connectivity index (χ4v) is 2.80. The monoisotopic (exact) mass is 376 g/mol. The normalized spacial score (nSPS) is 11.5. The first-order chi connectivity index (χ1) is 13.7. The zero-order valence-electron chi connectivity index (χ0n) is 16.1. The molecule has 6 heteroatoms. The third kappa shape index (κ3) is 5.30. The predicted octanol–water partition coefficient (Wildman–Crippen LogP) is 3.63. The summed E-state index contributed by atoms with van der Waals surface area (Å²) in [6.07, 6.45) is 3.89. The molecule has 0 saturated heterocycles. The van der Waals surface area contributed by atoms with Gasteiger partial charge in [0, 0.05) is 6.54 Å². The molecule has 1 heterocycles. The fraction of sp³-hybridized carbons (Fsp3) is 0.227. The molecule has 0 fully saturated rings. The van der Waals surface area contributed by atoms with Crippen molar-refractivity contribution < 1.29 is 9.53 Å². The molecule has 2 N–H and O–H groups in total.